The van der Waals surface area contributed by atoms with E-state index in [2.05, 4.69) is 0 Å². The average molecular weight is 290 g/mol. The molecule has 2 aromatic carbocycles. The molecule has 1 unspecified atom stereocenters. The zero-order chi connectivity index (χ0) is 15.2. The number of hydrogen-bond donors (Lipinski definition) is 1. The largest absolute Gasteiger partial charge is 0.494 e. The number of hydrogen-bond acceptors (Lipinski definition) is 3. The fourth-order valence-electron chi connectivity index (χ4n) is 2.20. The molecule has 0 aliphatic carbocycles. The number of aliphatic hydroxyl groups is 1. The van der Waals surface area contributed by atoms with E-state index in [-0.39, 0.29) is 12.2 Å². The van der Waals surface area contributed by atoms with Crippen LogP contribution in [0.2, 0.25) is 0 Å². The van der Waals surface area contributed by atoms with Gasteiger partial charge in [0, 0.05) is 13.5 Å². The van der Waals surface area contributed by atoms with Crippen LogP contribution >= 0.6 is 0 Å². The van der Waals surface area contributed by atoms with Gasteiger partial charge in [-0.25, -0.2) is 4.39 Å². The third-order valence-corrected chi connectivity index (χ3v) is 3.35. The average Bonchev–Trinajstić information content (AvgIpc) is 2.50. The van der Waals surface area contributed by atoms with Crippen molar-refractivity contribution in [3.05, 3.63) is 65.0 Å². The van der Waals surface area contributed by atoms with Gasteiger partial charge >= 0.3 is 0 Å². The third-order valence-electron chi connectivity index (χ3n) is 3.35. The van der Waals surface area contributed by atoms with Crippen molar-refractivity contribution in [2.45, 2.75) is 19.1 Å². The molecule has 0 aliphatic heterocycles. The van der Waals surface area contributed by atoms with Crippen LogP contribution in [0.4, 0.5) is 4.39 Å². The van der Waals surface area contributed by atoms with E-state index in [1.165, 1.54) is 7.11 Å². The summed E-state index contributed by atoms with van der Waals surface area (Å²) >= 11 is 0. The summed E-state index contributed by atoms with van der Waals surface area (Å²) in [6, 6.07) is 12.4. The van der Waals surface area contributed by atoms with Crippen molar-refractivity contribution in [3.8, 4) is 5.75 Å². The van der Waals surface area contributed by atoms with Crippen LogP contribution in [0.25, 0.3) is 0 Å². The smallest absolute Gasteiger partial charge is 0.168 e. The minimum atomic E-state index is -0.761. The lowest BCUT2D eigenvalue weighted by molar-refractivity contribution is 0.176. The van der Waals surface area contributed by atoms with Crippen LogP contribution in [0.5, 0.6) is 5.75 Å². The number of ether oxygens (including phenoxy) is 2. The Morgan fingerprint density at radius 3 is 2.43 bits per heavy atom. The predicted octanol–water partition coefficient (Wildman–Crippen LogP) is 3.26. The normalized spacial score (nSPS) is 12.2. The first-order valence-corrected chi connectivity index (χ1v) is 6.73. The van der Waals surface area contributed by atoms with Gasteiger partial charge < -0.3 is 14.6 Å². The molecule has 0 bridgehead atoms. The Labute approximate surface area is 124 Å². The van der Waals surface area contributed by atoms with Crippen LogP contribution in [0, 0.1) is 5.82 Å². The molecule has 0 heterocycles. The van der Waals surface area contributed by atoms with Gasteiger partial charge in [-0.2, -0.15) is 0 Å². The van der Waals surface area contributed by atoms with Gasteiger partial charge in [0.25, 0.3) is 0 Å². The molecule has 1 atom stereocenters. The van der Waals surface area contributed by atoms with E-state index in [0.717, 1.165) is 11.1 Å². The molecule has 2 aromatic rings. The molecule has 2 rings (SSSR count). The van der Waals surface area contributed by atoms with Crippen molar-refractivity contribution in [1.29, 1.82) is 0 Å². The molecule has 3 nitrogen and oxygen atoms in total. The first-order valence-electron chi connectivity index (χ1n) is 6.73. The molecule has 0 amide bonds. The highest BCUT2D eigenvalue weighted by Gasteiger charge is 2.14. The van der Waals surface area contributed by atoms with Gasteiger partial charge in [-0.3, -0.25) is 0 Å². The van der Waals surface area contributed by atoms with Crippen molar-refractivity contribution >= 4 is 0 Å². The number of methoxy groups -OCH3 is 2. The van der Waals surface area contributed by atoms with Gasteiger partial charge in [0.15, 0.2) is 11.6 Å². The minimum Gasteiger partial charge on any atom is -0.494 e. The summed E-state index contributed by atoms with van der Waals surface area (Å²) in [4.78, 5) is 0. The maximum Gasteiger partial charge on any atom is 0.168 e. The molecule has 0 saturated heterocycles. The minimum absolute atomic E-state index is 0.190. The Morgan fingerprint density at radius 2 is 1.81 bits per heavy atom. The molecule has 112 valence electrons. The fraction of sp³-hybridized carbons (Fsp3) is 0.294. The Morgan fingerprint density at radius 1 is 1.10 bits per heavy atom. The molecule has 4 heteroatoms. The summed E-state index contributed by atoms with van der Waals surface area (Å²) in [6.45, 7) is 0.529. The summed E-state index contributed by atoms with van der Waals surface area (Å²) in [6.07, 6.45) is -0.560. The Bertz CT molecular complexity index is 581. The van der Waals surface area contributed by atoms with Gasteiger partial charge in [0.05, 0.1) is 19.8 Å². The Kier molecular flexibility index (Phi) is 5.31. The summed E-state index contributed by atoms with van der Waals surface area (Å²) < 4.78 is 24.0. The van der Waals surface area contributed by atoms with Crippen LogP contribution in [-0.2, 0) is 17.8 Å². The van der Waals surface area contributed by atoms with Gasteiger partial charge in [-0.05, 0) is 22.8 Å². The van der Waals surface area contributed by atoms with Crippen molar-refractivity contribution in [3.63, 3.8) is 0 Å². The van der Waals surface area contributed by atoms with Gasteiger partial charge in [-0.15, -0.1) is 0 Å². The second-order valence-corrected chi connectivity index (χ2v) is 4.83. The van der Waals surface area contributed by atoms with Crippen LogP contribution in [0.1, 0.15) is 22.8 Å². The zero-order valence-electron chi connectivity index (χ0n) is 12.2. The molecule has 21 heavy (non-hydrogen) atoms. The molecule has 0 radical (unpaired) electrons. The van der Waals surface area contributed by atoms with Gasteiger partial charge in [-0.1, -0.05) is 36.4 Å². The van der Waals surface area contributed by atoms with Crippen LogP contribution in [-0.4, -0.2) is 19.3 Å². The highest BCUT2D eigenvalue weighted by molar-refractivity contribution is 5.33. The van der Waals surface area contributed by atoms with E-state index in [9.17, 15) is 9.50 Å². The molecule has 0 aromatic heterocycles. The summed E-state index contributed by atoms with van der Waals surface area (Å²) in [7, 11) is 3.06. The molecule has 0 saturated carbocycles. The molecule has 0 spiro atoms. The summed E-state index contributed by atoms with van der Waals surface area (Å²) in [5.74, 6) is -0.231. The van der Waals surface area contributed by atoms with Gasteiger partial charge in [0.2, 0.25) is 0 Å². The molecule has 0 aliphatic rings. The number of rotatable bonds is 6. The van der Waals surface area contributed by atoms with E-state index in [4.69, 9.17) is 9.47 Å². The highest BCUT2D eigenvalue weighted by atomic mass is 19.1. The second-order valence-electron chi connectivity index (χ2n) is 4.83. The topological polar surface area (TPSA) is 38.7 Å². The second kappa shape index (κ2) is 7.20. The van der Waals surface area contributed by atoms with E-state index in [1.54, 1.807) is 25.3 Å². The predicted molar refractivity (Wildman–Crippen MR) is 78.8 cm³/mol. The van der Waals surface area contributed by atoms with E-state index in [0.29, 0.717) is 12.2 Å². The van der Waals surface area contributed by atoms with Crippen molar-refractivity contribution in [1.82, 2.24) is 0 Å². The fourth-order valence-corrected chi connectivity index (χ4v) is 2.20. The molecular weight excluding hydrogens is 271 g/mol. The number of aliphatic hydroxyl groups excluding tert-OH is 1. The van der Waals surface area contributed by atoms with Crippen molar-refractivity contribution < 1.29 is 19.0 Å². The summed E-state index contributed by atoms with van der Waals surface area (Å²) in [5.41, 5.74) is 2.21. The SMILES string of the molecule is COCc1ccc(C(O)Cc2cccc(OC)c2F)cc1. The van der Waals surface area contributed by atoms with Crippen molar-refractivity contribution in [2.75, 3.05) is 14.2 Å². The standard InChI is InChI=1S/C17H19FO3/c1-20-11-12-6-8-13(9-7-12)15(19)10-14-4-3-5-16(21-2)17(14)18/h3-9,15,19H,10-11H2,1-2H3. The quantitative estimate of drug-likeness (QED) is 0.887. The number of halogens is 1. The zero-order valence-corrected chi connectivity index (χ0v) is 12.2. The van der Waals surface area contributed by atoms with Crippen LogP contribution in [0.3, 0.4) is 0 Å². The monoisotopic (exact) mass is 290 g/mol. The Hall–Kier alpha value is -1.91. The summed E-state index contributed by atoms with van der Waals surface area (Å²) in [5, 5.41) is 10.2. The van der Waals surface area contributed by atoms with Crippen LogP contribution in [0.15, 0.2) is 42.5 Å². The lowest BCUT2D eigenvalue weighted by atomic mass is 10.00. The van der Waals surface area contributed by atoms with Crippen LogP contribution < -0.4 is 4.74 Å². The molecule has 1 N–H and O–H groups in total. The Balaban J connectivity index is 2.12. The lowest BCUT2D eigenvalue weighted by Crippen LogP contribution is -2.04. The first-order chi connectivity index (χ1) is 10.2. The molecule has 0 fully saturated rings. The first kappa shape index (κ1) is 15.5. The highest BCUT2D eigenvalue weighted by Crippen LogP contribution is 2.25. The molecular formula is C17H19FO3. The number of benzene rings is 2. The maximum absolute atomic E-state index is 14.1. The van der Waals surface area contributed by atoms with E-state index in [1.807, 2.05) is 24.3 Å². The van der Waals surface area contributed by atoms with E-state index >= 15 is 0 Å². The lowest BCUT2D eigenvalue weighted by Gasteiger charge is -2.13. The third kappa shape index (κ3) is 3.80. The van der Waals surface area contributed by atoms with Crippen molar-refractivity contribution in [2.24, 2.45) is 0 Å². The van der Waals surface area contributed by atoms with E-state index < -0.39 is 11.9 Å². The van der Waals surface area contributed by atoms with Gasteiger partial charge in [0.1, 0.15) is 0 Å². The maximum atomic E-state index is 14.1.